The van der Waals surface area contributed by atoms with Crippen LogP contribution in [0.5, 0.6) is 0 Å². The van der Waals surface area contributed by atoms with E-state index in [1.807, 2.05) is 59.4 Å². The van der Waals surface area contributed by atoms with Gasteiger partial charge in [-0.05, 0) is 73.6 Å². The Kier molecular flexibility index (Phi) is 7.68. The molecule has 0 bridgehead atoms. The Bertz CT molecular complexity index is 1620. The maximum absolute atomic E-state index is 12.2. The van der Waals surface area contributed by atoms with E-state index in [-0.39, 0.29) is 29.5 Å². The van der Waals surface area contributed by atoms with Crippen molar-refractivity contribution in [2.45, 2.75) is 64.4 Å². The van der Waals surface area contributed by atoms with Gasteiger partial charge in [-0.25, -0.2) is 9.48 Å². The zero-order valence-corrected chi connectivity index (χ0v) is 26.8. The number of rotatable bonds is 5. The Balaban J connectivity index is 1.17. The molecule has 3 heterocycles. The average Bonchev–Trinajstić information content (AvgIpc) is 3.60. The van der Waals surface area contributed by atoms with Crippen molar-refractivity contribution >= 4 is 21.9 Å². The highest BCUT2D eigenvalue weighted by Gasteiger charge is 2.60. The number of para-hydroxylation sites is 1. The summed E-state index contributed by atoms with van der Waals surface area (Å²) in [6.45, 7) is 9.83. The van der Waals surface area contributed by atoms with Crippen LogP contribution in [0.4, 0.5) is 0 Å². The van der Waals surface area contributed by atoms with Crippen molar-refractivity contribution in [3.8, 4) is 16.9 Å². The summed E-state index contributed by atoms with van der Waals surface area (Å²) < 4.78 is 21.6. The molecule has 2 saturated heterocycles. The number of halogens is 1. The summed E-state index contributed by atoms with van der Waals surface area (Å²) in [7, 11) is 0. The van der Waals surface area contributed by atoms with Gasteiger partial charge in [-0.3, -0.25) is 0 Å². The van der Waals surface area contributed by atoms with E-state index in [0.29, 0.717) is 24.5 Å². The van der Waals surface area contributed by atoms with Crippen molar-refractivity contribution in [1.82, 2.24) is 9.78 Å². The number of ether oxygens (including phenoxy) is 3. The molecule has 2 aliphatic heterocycles. The molecule has 1 N–H and O–H groups in total. The van der Waals surface area contributed by atoms with E-state index in [4.69, 9.17) is 19.3 Å². The number of esters is 1. The average molecular weight is 660 g/mol. The fraction of sp³-hybridized carbons (Fsp3) is 0.444. The molecule has 2 unspecified atom stereocenters. The summed E-state index contributed by atoms with van der Waals surface area (Å²) in [5.41, 5.74) is 5.16. The minimum atomic E-state index is -0.846. The number of aliphatic hydroxyl groups excluding tert-OH is 1. The summed E-state index contributed by atoms with van der Waals surface area (Å²) in [5, 5.41) is 15.3. The van der Waals surface area contributed by atoms with Crippen LogP contribution in [0.15, 0.2) is 89.1 Å². The fourth-order valence-electron chi connectivity index (χ4n) is 8.49. The quantitative estimate of drug-likeness (QED) is 0.175. The van der Waals surface area contributed by atoms with Gasteiger partial charge in [0.25, 0.3) is 0 Å². The Labute approximate surface area is 267 Å². The summed E-state index contributed by atoms with van der Waals surface area (Å²) in [5.74, 6) is 0.159. The lowest BCUT2D eigenvalue weighted by molar-refractivity contribution is -0.307. The Morgan fingerprint density at radius 2 is 1.95 bits per heavy atom. The van der Waals surface area contributed by atoms with Gasteiger partial charge in [0.1, 0.15) is 18.4 Å². The van der Waals surface area contributed by atoms with Gasteiger partial charge in [0, 0.05) is 21.6 Å². The minimum absolute atomic E-state index is 0.0235. The third-order valence-corrected chi connectivity index (χ3v) is 11.3. The molecule has 7 atom stereocenters. The third kappa shape index (κ3) is 5.00. The monoisotopic (exact) mass is 658 g/mol. The number of cyclic esters (lactones) is 1. The molecule has 7 rings (SSSR count). The summed E-state index contributed by atoms with van der Waals surface area (Å²) >= 11 is 3.62. The minimum Gasteiger partial charge on any atom is -0.459 e. The second-order valence-corrected chi connectivity index (χ2v) is 14.3. The number of benzene rings is 2. The molecule has 0 amide bonds. The van der Waals surface area contributed by atoms with E-state index in [9.17, 15) is 9.90 Å². The Hall–Kier alpha value is -3.04. The summed E-state index contributed by atoms with van der Waals surface area (Å²) in [6.07, 6.45) is 7.15. The lowest BCUT2D eigenvalue weighted by atomic mass is 9.46. The lowest BCUT2D eigenvalue weighted by Crippen LogP contribution is -2.60. The molecule has 230 valence electrons. The van der Waals surface area contributed by atoms with Gasteiger partial charge >= 0.3 is 5.97 Å². The van der Waals surface area contributed by atoms with Crippen molar-refractivity contribution in [2.75, 3.05) is 13.2 Å². The van der Waals surface area contributed by atoms with Gasteiger partial charge in [-0.2, -0.15) is 5.10 Å². The number of nitrogens with zero attached hydrogens (tertiary/aromatic N) is 2. The van der Waals surface area contributed by atoms with Gasteiger partial charge in [0.15, 0.2) is 6.29 Å². The first-order chi connectivity index (χ1) is 21.2. The van der Waals surface area contributed by atoms with Crippen molar-refractivity contribution in [1.29, 1.82) is 0 Å². The molecule has 3 aromatic rings. The lowest BCUT2D eigenvalue weighted by Gasteiger charge is -2.62. The molecule has 2 aliphatic carbocycles. The van der Waals surface area contributed by atoms with Crippen LogP contribution in [0.3, 0.4) is 0 Å². The normalized spacial score (nSPS) is 34.5. The maximum atomic E-state index is 12.2. The molecule has 8 heteroatoms. The second-order valence-electron chi connectivity index (χ2n) is 13.4. The standard InChI is InChI=1S/C36H39BrN2O5/c1-22-12-15-30-35(2,28(22)14-13-26-29(40)20-42-33(26)41)17-16-31-36(30,3)21-43-34(44-31)27-19-39(25-10-5-4-6-11-25)38-32(27)23-8-7-9-24(37)18-23/h4-11,13,18-19,28-31,34,40H,1,12,14-17,20-21H2,2-3H3/b26-13+/t28-,29?,30+,31-,34?,35+,36+/m1/s1. The number of fused-ring (bicyclic) bond motifs is 3. The topological polar surface area (TPSA) is 82.8 Å². The highest BCUT2D eigenvalue weighted by molar-refractivity contribution is 9.10. The Morgan fingerprint density at radius 3 is 2.70 bits per heavy atom. The molecule has 0 spiro atoms. The predicted octanol–water partition coefficient (Wildman–Crippen LogP) is 7.34. The summed E-state index contributed by atoms with van der Waals surface area (Å²) in [4.78, 5) is 12.2. The molecule has 4 aliphatic rings. The highest BCUT2D eigenvalue weighted by Crippen LogP contribution is 2.64. The molecule has 2 aromatic carbocycles. The first-order valence-electron chi connectivity index (χ1n) is 15.6. The van der Waals surface area contributed by atoms with Crippen LogP contribution in [0.1, 0.15) is 57.8 Å². The SMILES string of the molecule is C=C1CC[C@@H]2[C@]3(C)COC(c4cn(-c5ccccc5)nc4-c4cccc(Br)c4)O[C@@H]3CC[C@@]2(C)[C@@H]1C/C=C1/C(=O)OCC1O. The van der Waals surface area contributed by atoms with Crippen molar-refractivity contribution < 1.29 is 24.1 Å². The zero-order chi connectivity index (χ0) is 30.6. The molecular formula is C36H39BrN2O5. The molecular weight excluding hydrogens is 620 g/mol. The van der Waals surface area contributed by atoms with Crippen LogP contribution in [0, 0.1) is 22.7 Å². The van der Waals surface area contributed by atoms with Crippen LogP contribution < -0.4 is 0 Å². The van der Waals surface area contributed by atoms with Crippen LogP contribution in [-0.2, 0) is 19.0 Å². The van der Waals surface area contributed by atoms with E-state index in [1.54, 1.807) is 0 Å². The number of allylic oxidation sites excluding steroid dienone is 2. The van der Waals surface area contributed by atoms with Gasteiger partial charge in [-0.15, -0.1) is 0 Å². The Morgan fingerprint density at radius 1 is 1.14 bits per heavy atom. The maximum Gasteiger partial charge on any atom is 0.336 e. The van der Waals surface area contributed by atoms with Crippen molar-refractivity contribution in [2.24, 2.45) is 22.7 Å². The van der Waals surface area contributed by atoms with Gasteiger partial charge in [0.2, 0.25) is 0 Å². The van der Waals surface area contributed by atoms with E-state index < -0.39 is 18.4 Å². The van der Waals surface area contributed by atoms with Crippen LogP contribution in [-0.4, -0.2) is 46.3 Å². The molecule has 44 heavy (non-hydrogen) atoms. The van der Waals surface area contributed by atoms with E-state index >= 15 is 0 Å². The summed E-state index contributed by atoms with van der Waals surface area (Å²) in [6, 6.07) is 18.3. The van der Waals surface area contributed by atoms with Crippen LogP contribution >= 0.6 is 15.9 Å². The number of carbonyl (C=O) groups is 1. The van der Waals surface area contributed by atoms with Crippen LogP contribution in [0.25, 0.3) is 16.9 Å². The molecule has 2 saturated carbocycles. The smallest absolute Gasteiger partial charge is 0.336 e. The van der Waals surface area contributed by atoms with E-state index in [0.717, 1.165) is 52.7 Å². The first-order valence-corrected chi connectivity index (χ1v) is 16.4. The van der Waals surface area contributed by atoms with Gasteiger partial charge in [-0.1, -0.05) is 78.3 Å². The van der Waals surface area contributed by atoms with Crippen molar-refractivity contribution in [3.05, 3.63) is 94.6 Å². The second kappa shape index (κ2) is 11.4. The van der Waals surface area contributed by atoms with Gasteiger partial charge in [0.05, 0.1) is 29.5 Å². The molecule has 0 radical (unpaired) electrons. The number of hydrogen-bond donors (Lipinski definition) is 1. The first kappa shape index (κ1) is 29.7. The zero-order valence-electron chi connectivity index (χ0n) is 25.2. The molecule has 4 fully saturated rings. The number of hydrogen-bond acceptors (Lipinski definition) is 6. The fourth-order valence-corrected chi connectivity index (χ4v) is 8.89. The molecule has 7 nitrogen and oxygen atoms in total. The number of aliphatic hydroxyl groups is 1. The largest absolute Gasteiger partial charge is 0.459 e. The third-order valence-electron chi connectivity index (χ3n) is 10.8. The molecule has 1 aromatic heterocycles. The number of aromatic nitrogens is 2. The number of carbonyl (C=O) groups excluding carboxylic acids is 1. The van der Waals surface area contributed by atoms with E-state index in [2.05, 4.69) is 48.5 Å². The van der Waals surface area contributed by atoms with Crippen molar-refractivity contribution in [3.63, 3.8) is 0 Å². The van der Waals surface area contributed by atoms with Gasteiger partial charge < -0.3 is 19.3 Å². The predicted molar refractivity (Wildman–Crippen MR) is 171 cm³/mol. The highest BCUT2D eigenvalue weighted by atomic mass is 79.9. The van der Waals surface area contributed by atoms with Crippen LogP contribution in [0.2, 0.25) is 0 Å². The van der Waals surface area contributed by atoms with E-state index in [1.165, 1.54) is 5.57 Å².